The fourth-order valence-electron chi connectivity index (χ4n) is 2.81. The van der Waals surface area contributed by atoms with E-state index in [-0.39, 0.29) is 0 Å². The minimum atomic E-state index is 0.342. The summed E-state index contributed by atoms with van der Waals surface area (Å²) < 4.78 is 5.88. The molecule has 1 heterocycles. The number of hydrogen-bond donors (Lipinski definition) is 0. The third kappa shape index (κ3) is 1.39. The molecule has 1 heteroatoms. The van der Waals surface area contributed by atoms with E-state index in [1.165, 1.54) is 32.1 Å². The maximum Gasteiger partial charge on any atom is 0.0686 e. The van der Waals surface area contributed by atoms with Gasteiger partial charge in [-0.15, -0.1) is 0 Å². The van der Waals surface area contributed by atoms with Crippen molar-refractivity contribution in [3.05, 3.63) is 0 Å². The van der Waals surface area contributed by atoms with Gasteiger partial charge in [-0.05, 0) is 43.9 Å². The summed E-state index contributed by atoms with van der Waals surface area (Å²) in [5, 5.41) is 0. The van der Waals surface area contributed by atoms with Gasteiger partial charge in [-0.3, -0.25) is 0 Å². The lowest BCUT2D eigenvalue weighted by Gasteiger charge is -2.23. The first kappa shape index (κ1) is 8.55. The van der Waals surface area contributed by atoms with Crippen molar-refractivity contribution >= 4 is 0 Å². The van der Waals surface area contributed by atoms with E-state index in [0.29, 0.717) is 5.60 Å². The van der Waals surface area contributed by atoms with Crippen LogP contribution < -0.4 is 0 Å². The van der Waals surface area contributed by atoms with Crippen LogP contribution >= 0.6 is 0 Å². The van der Waals surface area contributed by atoms with Gasteiger partial charge in [-0.2, -0.15) is 0 Å². The van der Waals surface area contributed by atoms with E-state index in [1.54, 1.807) is 0 Å². The van der Waals surface area contributed by atoms with Crippen molar-refractivity contribution in [3.8, 4) is 0 Å². The number of hydrogen-bond acceptors (Lipinski definition) is 1. The van der Waals surface area contributed by atoms with Gasteiger partial charge in [-0.25, -0.2) is 0 Å². The second-order valence-corrected chi connectivity index (χ2v) is 4.88. The van der Waals surface area contributed by atoms with E-state index in [4.69, 9.17) is 4.74 Å². The summed E-state index contributed by atoms with van der Waals surface area (Å²) in [5.74, 6) is 1.79. The summed E-state index contributed by atoms with van der Waals surface area (Å²) in [6.45, 7) is 5.71. The van der Waals surface area contributed by atoms with Crippen LogP contribution in [0.25, 0.3) is 0 Å². The Hall–Kier alpha value is -0.0400. The van der Waals surface area contributed by atoms with Crippen LogP contribution in [0, 0.1) is 11.8 Å². The van der Waals surface area contributed by atoms with Crippen molar-refractivity contribution in [1.29, 1.82) is 0 Å². The third-order valence-electron chi connectivity index (χ3n) is 3.73. The normalized spacial score (nSPS) is 41.8. The lowest BCUT2D eigenvalue weighted by atomic mass is 9.91. The highest BCUT2D eigenvalue weighted by molar-refractivity contribution is 4.94. The van der Waals surface area contributed by atoms with Crippen LogP contribution in [-0.4, -0.2) is 12.2 Å². The molecule has 0 radical (unpaired) electrons. The Kier molecular flexibility index (Phi) is 2.16. The van der Waals surface area contributed by atoms with E-state index < -0.39 is 0 Å². The van der Waals surface area contributed by atoms with E-state index in [2.05, 4.69) is 13.8 Å². The Labute approximate surface area is 75.5 Å². The number of ether oxygens (including phenoxy) is 1. The molecule has 70 valence electrons. The Bertz CT molecular complexity index is 156. The molecular formula is C11H20O. The minimum Gasteiger partial charge on any atom is -0.375 e. The van der Waals surface area contributed by atoms with Crippen LogP contribution in [0.3, 0.4) is 0 Å². The highest BCUT2D eigenvalue weighted by Crippen LogP contribution is 2.46. The van der Waals surface area contributed by atoms with Crippen molar-refractivity contribution in [1.82, 2.24) is 0 Å². The fourth-order valence-corrected chi connectivity index (χ4v) is 2.81. The summed E-state index contributed by atoms with van der Waals surface area (Å²) in [4.78, 5) is 0. The van der Waals surface area contributed by atoms with Gasteiger partial charge < -0.3 is 4.74 Å². The molecule has 1 saturated heterocycles. The zero-order chi connectivity index (χ0) is 8.60. The standard InChI is InChI=1S/C11H20O/c1-9(2)10-4-6-11(8-10)5-3-7-12-11/h9-10H,3-8H2,1-2H3. The van der Waals surface area contributed by atoms with Crippen LogP contribution in [0.4, 0.5) is 0 Å². The zero-order valence-corrected chi connectivity index (χ0v) is 8.31. The Morgan fingerprint density at radius 2 is 2.17 bits per heavy atom. The lowest BCUT2D eigenvalue weighted by Crippen LogP contribution is -2.23. The number of rotatable bonds is 1. The maximum atomic E-state index is 5.88. The first-order chi connectivity index (χ1) is 5.72. The van der Waals surface area contributed by atoms with Crippen LogP contribution in [0.5, 0.6) is 0 Å². The topological polar surface area (TPSA) is 9.23 Å². The van der Waals surface area contributed by atoms with E-state index in [1.807, 2.05) is 0 Å². The Balaban J connectivity index is 1.96. The molecule has 2 unspecified atom stereocenters. The third-order valence-corrected chi connectivity index (χ3v) is 3.73. The molecule has 0 aromatic carbocycles. The predicted octanol–water partition coefficient (Wildman–Crippen LogP) is 2.99. The van der Waals surface area contributed by atoms with Gasteiger partial charge in [-0.1, -0.05) is 13.8 Å². The van der Waals surface area contributed by atoms with Gasteiger partial charge in [0.05, 0.1) is 5.60 Å². The molecule has 2 fully saturated rings. The molecule has 2 aliphatic rings. The molecule has 0 aromatic rings. The predicted molar refractivity (Wildman–Crippen MR) is 50.1 cm³/mol. The highest BCUT2D eigenvalue weighted by Gasteiger charge is 2.42. The molecular weight excluding hydrogens is 148 g/mol. The van der Waals surface area contributed by atoms with Gasteiger partial charge in [0, 0.05) is 6.61 Å². The van der Waals surface area contributed by atoms with E-state index in [9.17, 15) is 0 Å². The van der Waals surface area contributed by atoms with Gasteiger partial charge in [0.25, 0.3) is 0 Å². The van der Waals surface area contributed by atoms with E-state index in [0.717, 1.165) is 18.4 Å². The average Bonchev–Trinajstić information content (AvgIpc) is 2.62. The Morgan fingerprint density at radius 1 is 1.33 bits per heavy atom. The molecule has 2 rings (SSSR count). The van der Waals surface area contributed by atoms with Gasteiger partial charge in [0.15, 0.2) is 0 Å². The van der Waals surface area contributed by atoms with Crippen LogP contribution in [-0.2, 0) is 4.74 Å². The SMILES string of the molecule is CC(C)C1CCC2(CCCO2)C1. The van der Waals surface area contributed by atoms with Gasteiger partial charge in [0.1, 0.15) is 0 Å². The van der Waals surface area contributed by atoms with Crippen molar-refractivity contribution in [3.63, 3.8) is 0 Å². The quantitative estimate of drug-likeness (QED) is 0.585. The zero-order valence-electron chi connectivity index (χ0n) is 8.31. The lowest BCUT2D eigenvalue weighted by molar-refractivity contribution is 0.00554. The van der Waals surface area contributed by atoms with Crippen LogP contribution in [0.2, 0.25) is 0 Å². The molecule has 1 nitrogen and oxygen atoms in total. The molecule has 0 amide bonds. The average molecular weight is 168 g/mol. The largest absolute Gasteiger partial charge is 0.375 e. The summed E-state index contributed by atoms with van der Waals surface area (Å²) >= 11 is 0. The van der Waals surface area contributed by atoms with Gasteiger partial charge >= 0.3 is 0 Å². The molecule has 12 heavy (non-hydrogen) atoms. The summed E-state index contributed by atoms with van der Waals surface area (Å²) in [5.41, 5.74) is 0.342. The first-order valence-corrected chi connectivity index (χ1v) is 5.36. The van der Waals surface area contributed by atoms with Crippen LogP contribution in [0.15, 0.2) is 0 Å². The van der Waals surface area contributed by atoms with Crippen molar-refractivity contribution in [2.45, 2.75) is 51.6 Å². The van der Waals surface area contributed by atoms with Crippen molar-refractivity contribution in [2.24, 2.45) is 11.8 Å². The fraction of sp³-hybridized carbons (Fsp3) is 1.00. The molecule has 1 aliphatic heterocycles. The summed E-state index contributed by atoms with van der Waals surface area (Å²) in [6.07, 6.45) is 6.69. The van der Waals surface area contributed by atoms with Gasteiger partial charge in [0.2, 0.25) is 0 Å². The maximum absolute atomic E-state index is 5.88. The molecule has 0 aromatic heterocycles. The second kappa shape index (κ2) is 3.02. The molecule has 1 saturated carbocycles. The molecule has 1 aliphatic carbocycles. The summed E-state index contributed by atoms with van der Waals surface area (Å²) in [6, 6.07) is 0. The Morgan fingerprint density at radius 3 is 2.67 bits per heavy atom. The monoisotopic (exact) mass is 168 g/mol. The van der Waals surface area contributed by atoms with Crippen molar-refractivity contribution < 1.29 is 4.74 Å². The molecule has 0 N–H and O–H groups in total. The second-order valence-electron chi connectivity index (χ2n) is 4.88. The molecule has 1 spiro atoms. The van der Waals surface area contributed by atoms with E-state index >= 15 is 0 Å². The smallest absolute Gasteiger partial charge is 0.0686 e. The van der Waals surface area contributed by atoms with Crippen molar-refractivity contribution in [2.75, 3.05) is 6.61 Å². The first-order valence-electron chi connectivity index (χ1n) is 5.36. The minimum absolute atomic E-state index is 0.342. The molecule has 2 atom stereocenters. The molecule has 0 bridgehead atoms. The summed E-state index contributed by atoms with van der Waals surface area (Å²) in [7, 11) is 0. The van der Waals surface area contributed by atoms with Crippen LogP contribution in [0.1, 0.15) is 46.0 Å². The highest BCUT2D eigenvalue weighted by atomic mass is 16.5.